The molecule has 4 rings (SSSR count). The standard InChI is InChI=1S/C22H20N4O3/c27-21(11-6-12-22(28)29)26-20(13-18(25-26)15-7-2-1-3-8-15)19-14-23-16-9-4-5-10-17(16)24-19/h1-5,7-10,14,20H,6,11-13H2,(H,28,29). The Labute approximate surface area is 167 Å². The van der Waals surface area contributed by atoms with Crippen molar-refractivity contribution >= 4 is 28.6 Å². The zero-order valence-electron chi connectivity index (χ0n) is 15.7. The molecule has 1 aliphatic heterocycles. The SMILES string of the molecule is O=C(O)CCCC(=O)N1N=C(c2ccccc2)CC1c1cnc2ccccc2n1. The van der Waals surface area contributed by atoms with Gasteiger partial charge in [-0.3, -0.25) is 14.6 Å². The molecule has 1 aliphatic rings. The number of fused-ring (bicyclic) bond motifs is 1. The summed E-state index contributed by atoms with van der Waals surface area (Å²) in [6.07, 6.45) is 2.57. The molecule has 2 aromatic carbocycles. The van der Waals surface area contributed by atoms with Crippen LogP contribution < -0.4 is 0 Å². The van der Waals surface area contributed by atoms with E-state index in [1.54, 1.807) is 6.20 Å². The average Bonchev–Trinajstić information content (AvgIpc) is 3.19. The molecule has 0 saturated carbocycles. The fourth-order valence-corrected chi connectivity index (χ4v) is 3.41. The van der Waals surface area contributed by atoms with Gasteiger partial charge >= 0.3 is 5.97 Å². The molecule has 7 heteroatoms. The van der Waals surface area contributed by atoms with Crippen LogP contribution in [0.15, 0.2) is 65.9 Å². The summed E-state index contributed by atoms with van der Waals surface area (Å²) in [6.45, 7) is 0. The van der Waals surface area contributed by atoms with Gasteiger partial charge < -0.3 is 5.11 Å². The number of carboxylic acid groups (broad SMARTS) is 1. The lowest BCUT2D eigenvalue weighted by Gasteiger charge is -2.21. The second kappa shape index (κ2) is 8.18. The Morgan fingerprint density at radius 2 is 1.72 bits per heavy atom. The number of hydrazone groups is 1. The molecule has 0 bridgehead atoms. The van der Waals surface area contributed by atoms with Crippen LogP contribution in [-0.4, -0.2) is 37.7 Å². The van der Waals surface area contributed by atoms with Crippen molar-refractivity contribution in [3.8, 4) is 0 Å². The molecule has 0 saturated heterocycles. The zero-order chi connectivity index (χ0) is 20.2. The molecule has 2 heterocycles. The second-order valence-electron chi connectivity index (χ2n) is 6.90. The number of carboxylic acids is 1. The van der Waals surface area contributed by atoms with Gasteiger partial charge in [0.1, 0.15) is 6.04 Å². The van der Waals surface area contributed by atoms with Crippen LogP contribution in [0.3, 0.4) is 0 Å². The monoisotopic (exact) mass is 388 g/mol. The highest BCUT2D eigenvalue weighted by atomic mass is 16.4. The minimum Gasteiger partial charge on any atom is -0.481 e. The molecule has 3 aromatic rings. The third-order valence-corrected chi connectivity index (χ3v) is 4.86. The third-order valence-electron chi connectivity index (χ3n) is 4.86. The van der Waals surface area contributed by atoms with Gasteiger partial charge in [-0.2, -0.15) is 5.10 Å². The summed E-state index contributed by atoms with van der Waals surface area (Å²) >= 11 is 0. The van der Waals surface area contributed by atoms with Gasteiger partial charge in [-0.1, -0.05) is 42.5 Å². The van der Waals surface area contributed by atoms with Gasteiger partial charge in [-0.05, 0) is 24.1 Å². The van der Waals surface area contributed by atoms with Gasteiger partial charge in [-0.15, -0.1) is 0 Å². The summed E-state index contributed by atoms with van der Waals surface area (Å²) in [5, 5.41) is 14.9. The third kappa shape index (κ3) is 4.13. The zero-order valence-corrected chi connectivity index (χ0v) is 15.7. The lowest BCUT2D eigenvalue weighted by molar-refractivity contribution is -0.137. The van der Waals surface area contributed by atoms with E-state index >= 15 is 0 Å². The number of amides is 1. The number of benzene rings is 2. The summed E-state index contributed by atoms with van der Waals surface area (Å²) in [5.41, 5.74) is 3.98. The van der Waals surface area contributed by atoms with Gasteiger partial charge in [0.2, 0.25) is 5.91 Å². The summed E-state index contributed by atoms with van der Waals surface area (Å²) in [6, 6.07) is 16.9. The predicted molar refractivity (Wildman–Crippen MR) is 108 cm³/mol. The topological polar surface area (TPSA) is 95.8 Å². The first kappa shape index (κ1) is 18.7. The molecule has 1 aromatic heterocycles. The van der Waals surface area contributed by atoms with Crippen molar-refractivity contribution in [3.05, 3.63) is 72.1 Å². The number of aromatic nitrogens is 2. The number of rotatable bonds is 6. The Morgan fingerprint density at radius 3 is 2.48 bits per heavy atom. The highest BCUT2D eigenvalue weighted by Crippen LogP contribution is 2.32. The first-order valence-corrected chi connectivity index (χ1v) is 9.50. The van der Waals surface area contributed by atoms with Crippen molar-refractivity contribution < 1.29 is 14.7 Å². The molecule has 1 amide bonds. The fourth-order valence-electron chi connectivity index (χ4n) is 3.41. The van der Waals surface area contributed by atoms with Crippen LogP contribution in [0.5, 0.6) is 0 Å². The highest BCUT2D eigenvalue weighted by Gasteiger charge is 2.34. The van der Waals surface area contributed by atoms with E-state index in [-0.39, 0.29) is 31.2 Å². The second-order valence-corrected chi connectivity index (χ2v) is 6.90. The number of hydrogen-bond donors (Lipinski definition) is 1. The van der Waals surface area contributed by atoms with Crippen molar-refractivity contribution in [3.63, 3.8) is 0 Å². The van der Waals surface area contributed by atoms with Crippen molar-refractivity contribution in [2.75, 3.05) is 0 Å². The van der Waals surface area contributed by atoms with Crippen molar-refractivity contribution in [1.82, 2.24) is 15.0 Å². The molecule has 0 aliphatic carbocycles. The molecular formula is C22H20N4O3. The number of carbonyl (C=O) groups excluding carboxylic acids is 1. The van der Waals surface area contributed by atoms with E-state index in [1.165, 1.54) is 5.01 Å². The summed E-state index contributed by atoms with van der Waals surface area (Å²) in [5.74, 6) is -1.12. The van der Waals surface area contributed by atoms with E-state index in [0.29, 0.717) is 12.1 Å². The maximum Gasteiger partial charge on any atom is 0.303 e. The molecule has 1 unspecified atom stereocenters. The maximum absolute atomic E-state index is 12.8. The quantitative estimate of drug-likeness (QED) is 0.696. The largest absolute Gasteiger partial charge is 0.481 e. The van der Waals surface area contributed by atoms with E-state index in [0.717, 1.165) is 22.3 Å². The van der Waals surface area contributed by atoms with E-state index in [4.69, 9.17) is 10.1 Å². The van der Waals surface area contributed by atoms with Gasteiger partial charge in [0.15, 0.2) is 0 Å². The van der Waals surface area contributed by atoms with Crippen LogP contribution in [-0.2, 0) is 9.59 Å². The van der Waals surface area contributed by atoms with Crippen molar-refractivity contribution in [2.24, 2.45) is 5.10 Å². The van der Waals surface area contributed by atoms with Crippen LogP contribution in [0.4, 0.5) is 0 Å². The lowest BCUT2D eigenvalue weighted by Crippen LogP contribution is -2.27. The number of para-hydroxylation sites is 2. The Hall–Kier alpha value is -3.61. The Kier molecular flexibility index (Phi) is 5.29. The Balaban J connectivity index is 1.64. The molecule has 1 N–H and O–H groups in total. The van der Waals surface area contributed by atoms with Crippen LogP contribution in [0, 0.1) is 0 Å². The molecule has 1 atom stereocenters. The highest BCUT2D eigenvalue weighted by molar-refractivity contribution is 6.03. The molecule has 146 valence electrons. The van der Waals surface area contributed by atoms with Gasteiger partial charge in [-0.25, -0.2) is 9.99 Å². The average molecular weight is 388 g/mol. The van der Waals surface area contributed by atoms with Gasteiger partial charge in [0.25, 0.3) is 0 Å². The number of nitrogens with zero attached hydrogens (tertiary/aromatic N) is 4. The van der Waals surface area contributed by atoms with E-state index in [9.17, 15) is 9.59 Å². The van der Waals surface area contributed by atoms with Crippen LogP contribution in [0.2, 0.25) is 0 Å². The first-order chi connectivity index (χ1) is 14.1. The van der Waals surface area contributed by atoms with Crippen molar-refractivity contribution in [1.29, 1.82) is 0 Å². The minimum absolute atomic E-state index is 0.0463. The maximum atomic E-state index is 12.8. The van der Waals surface area contributed by atoms with E-state index in [2.05, 4.69) is 10.1 Å². The van der Waals surface area contributed by atoms with E-state index < -0.39 is 5.97 Å². The molecule has 0 radical (unpaired) electrons. The molecule has 0 spiro atoms. The molecule has 29 heavy (non-hydrogen) atoms. The lowest BCUT2D eigenvalue weighted by atomic mass is 10.0. The Morgan fingerprint density at radius 1 is 1.00 bits per heavy atom. The molecular weight excluding hydrogens is 368 g/mol. The van der Waals surface area contributed by atoms with Crippen molar-refractivity contribution in [2.45, 2.75) is 31.7 Å². The number of carbonyl (C=O) groups is 2. The number of aliphatic carboxylic acids is 1. The number of hydrogen-bond acceptors (Lipinski definition) is 5. The van der Waals surface area contributed by atoms with Crippen LogP contribution >= 0.6 is 0 Å². The summed E-state index contributed by atoms with van der Waals surface area (Å²) in [4.78, 5) is 32.8. The van der Waals surface area contributed by atoms with Gasteiger partial charge in [0.05, 0.1) is 28.6 Å². The predicted octanol–water partition coefficient (Wildman–Crippen LogP) is 3.56. The smallest absolute Gasteiger partial charge is 0.303 e. The molecule has 7 nitrogen and oxygen atoms in total. The summed E-state index contributed by atoms with van der Waals surface area (Å²) in [7, 11) is 0. The Bertz CT molecular complexity index is 1080. The normalized spacial score (nSPS) is 16.1. The molecule has 0 fully saturated rings. The van der Waals surface area contributed by atoms with Crippen LogP contribution in [0.1, 0.15) is 43.0 Å². The van der Waals surface area contributed by atoms with Gasteiger partial charge in [0, 0.05) is 19.3 Å². The summed E-state index contributed by atoms with van der Waals surface area (Å²) < 4.78 is 0. The first-order valence-electron chi connectivity index (χ1n) is 9.50. The fraction of sp³-hybridized carbons (Fsp3) is 0.227. The van der Waals surface area contributed by atoms with E-state index in [1.807, 2.05) is 54.6 Å². The van der Waals surface area contributed by atoms with Crippen LogP contribution in [0.25, 0.3) is 11.0 Å². The minimum atomic E-state index is -0.912.